The van der Waals surface area contributed by atoms with Crippen LogP contribution >= 0.6 is 0 Å². The van der Waals surface area contributed by atoms with Gasteiger partial charge in [0.05, 0.1) is 0 Å². The fourth-order valence-electron chi connectivity index (χ4n) is 0.829. The van der Waals surface area contributed by atoms with Gasteiger partial charge >= 0.3 is 79.5 Å². The predicted molar refractivity (Wildman–Crippen MR) is 46.3 cm³/mol. The molecule has 0 saturated carbocycles. The van der Waals surface area contributed by atoms with Crippen molar-refractivity contribution in [1.29, 1.82) is 0 Å². The molecule has 0 aromatic heterocycles. The van der Waals surface area contributed by atoms with Crippen molar-refractivity contribution in [2.75, 3.05) is 14.2 Å². The van der Waals surface area contributed by atoms with Crippen molar-refractivity contribution in [3.8, 4) is 11.5 Å². The van der Waals surface area contributed by atoms with Crippen LogP contribution < -0.4 is 13.1 Å². The topological polar surface area (TPSA) is 18.5 Å². The molecule has 0 saturated heterocycles. The molecule has 1 aromatic rings. The summed E-state index contributed by atoms with van der Waals surface area (Å²) < 4.78 is 11.4. The Hall–Kier alpha value is -0.381. The summed E-state index contributed by atoms with van der Waals surface area (Å²) in [6.45, 7) is 0. The summed E-state index contributed by atoms with van der Waals surface area (Å²) in [5.74, 6) is 1.74. The van der Waals surface area contributed by atoms with Gasteiger partial charge in [0.15, 0.2) is 0 Å². The maximum atomic E-state index is 5.08. The van der Waals surface area contributed by atoms with Gasteiger partial charge in [-0.3, -0.25) is 0 Å². The number of ether oxygens (including phenoxy) is 2. The number of methoxy groups -OCH3 is 2. The summed E-state index contributed by atoms with van der Waals surface area (Å²) >= 11 is 1.08. The second-order valence-corrected chi connectivity index (χ2v) is 4.05. The molecule has 0 atom stereocenters. The molecule has 0 N–H and O–H groups in total. The first-order valence-corrected chi connectivity index (χ1v) is 4.89. The molecule has 0 spiro atoms. The van der Waals surface area contributed by atoms with Gasteiger partial charge in [-0.2, -0.15) is 0 Å². The Bertz CT molecular complexity index is 226. The second kappa shape index (κ2) is 3.85. The Morgan fingerprint density at radius 1 is 1.00 bits per heavy atom. The summed E-state index contributed by atoms with van der Waals surface area (Å²) in [6, 6.07) is 5.91. The molecule has 1 rings (SSSR count). The number of rotatable bonds is 2. The maximum absolute atomic E-state index is 5.08. The predicted octanol–water partition coefficient (Wildman–Crippen LogP) is 0.230. The SMILES string of the molecule is COc1c[c]([SnH])cc(OC)c1. The van der Waals surface area contributed by atoms with Crippen LogP contribution in [0.25, 0.3) is 0 Å². The molecule has 1 aromatic carbocycles. The molecule has 11 heavy (non-hydrogen) atoms. The molecule has 0 aliphatic rings. The second-order valence-electron chi connectivity index (χ2n) is 2.15. The van der Waals surface area contributed by atoms with Crippen molar-refractivity contribution >= 4 is 26.1 Å². The van der Waals surface area contributed by atoms with Crippen LogP contribution in [-0.2, 0) is 0 Å². The van der Waals surface area contributed by atoms with Crippen LogP contribution in [0.3, 0.4) is 0 Å². The Kier molecular flexibility index (Phi) is 3.05. The Morgan fingerprint density at radius 2 is 1.45 bits per heavy atom. The van der Waals surface area contributed by atoms with E-state index >= 15 is 0 Å². The van der Waals surface area contributed by atoms with E-state index in [2.05, 4.69) is 0 Å². The first-order valence-electron chi connectivity index (χ1n) is 3.25. The molecule has 58 valence electrons. The molecule has 0 heterocycles. The fourth-order valence-corrected chi connectivity index (χ4v) is 1.77. The van der Waals surface area contributed by atoms with Crippen LogP contribution in [-0.4, -0.2) is 36.7 Å². The third-order valence-electron chi connectivity index (χ3n) is 1.37. The molecule has 3 heteroatoms. The quantitative estimate of drug-likeness (QED) is 0.706. The normalized spacial score (nSPS) is 9.36. The number of hydrogen-bond donors (Lipinski definition) is 0. The Morgan fingerprint density at radius 3 is 1.82 bits per heavy atom. The van der Waals surface area contributed by atoms with Gasteiger partial charge in [-0.1, -0.05) is 0 Å². The average Bonchev–Trinajstić information content (AvgIpc) is 2.03. The third kappa shape index (κ3) is 2.29. The van der Waals surface area contributed by atoms with Crippen molar-refractivity contribution in [3.05, 3.63) is 18.2 Å². The van der Waals surface area contributed by atoms with E-state index in [0.29, 0.717) is 0 Å². The van der Waals surface area contributed by atoms with E-state index in [9.17, 15) is 0 Å². The van der Waals surface area contributed by atoms with Crippen LogP contribution in [0.2, 0.25) is 0 Å². The van der Waals surface area contributed by atoms with Gasteiger partial charge in [0.1, 0.15) is 0 Å². The molecule has 0 fully saturated rings. The molecule has 0 bridgehead atoms. The van der Waals surface area contributed by atoms with E-state index in [4.69, 9.17) is 9.47 Å². The molecule has 2 nitrogen and oxygen atoms in total. The van der Waals surface area contributed by atoms with Gasteiger partial charge in [0.25, 0.3) is 0 Å². The van der Waals surface area contributed by atoms with Crippen molar-refractivity contribution in [3.63, 3.8) is 0 Å². The van der Waals surface area contributed by atoms with E-state index in [1.54, 1.807) is 14.2 Å². The average molecular weight is 257 g/mol. The Labute approximate surface area is 79.6 Å². The van der Waals surface area contributed by atoms with Crippen LogP contribution in [0, 0.1) is 0 Å². The van der Waals surface area contributed by atoms with Gasteiger partial charge < -0.3 is 0 Å². The van der Waals surface area contributed by atoms with Crippen molar-refractivity contribution < 1.29 is 9.47 Å². The molecule has 0 unspecified atom stereocenters. The summed E-state index contributed by atoms with van der Waals surface area (Å²) in [6.07, 6.45) is 0. The minimum atomic E-state index is 0.868. The zero-order valence-corrected chi connectivity index (χ0v) is 9.92. The van der Waals surface area contributed by atoms with E-state index in [-0.39, 0.29) is 0 Å². The summed E-state index contributed by atoms with van der Waals surface area (Å²) in [7, 11) is 3.32. The monoisotopic (exact) mass is 258 g/mol. The molecular weight excluding hydrogens is 247 g/mol. The minimum absolute atomic E-state index is 0.868. The van der Waals surface area contributed by atoms with Crippen molar-refractivity contribution in [2.24, 2.45) is 0 Å². The van der Waals surface area contributed by atoms with E-state index in [1.165, 1.54) is 3.58 Å². The first kappa shape index (κ1) is 8.71. The summed E-state index contributed by atoms with van der Waals surface area (Å²) in [4.78, 5) is 0. The van der Waals surface area contributed by atoms with Gasteiger partial charge in [0.2, 0.25) is 0 Å². The summed E-state index contributed by atoms with van der Waals surface area (Å²) in [5, 5.41) is 0. The van der Waals surface area contributed by atoms with E-state index in [1.807, 2.05) is 18.2 Å². The van der Waals surface area contributed by atoms with Gasteiger partial charge in [0, 0.05) is 0 Å². The first-order chi connectivity index (χ1) is 5.26. The summed E-state index contributed by atoms with van der Waals surface area (Å²) in [5.41, 5.74) is 0. The third-order valence-corrected chi connectivity index (χ3v) is 2.33. The number of hydrogen-bond acceptors (Lipinski definition) is 2. The van der Waals surface area contributed by atoms with Gasteiger partial charge in [-0.25, -0.2) is 0 Å². The van der Waals surface area contributed by atoms with Crippen molar-refractivity contribution in [2.45, 2.75) is 0 Å². The molecule has 0 aliphatic heterocycles. The van der Waals surface area contributed by atoms with Crippen LogP contribution in [0.5, 0.6) is 11.5 Å². The van der Waals surface area contributed by atoms with Crippen LogP contribution in [0.4, 0.5) is 0 Å². The number of benzene rings is 1. The van der Waals surface area contributed by atoms with Crippen molar-refractivity contribution in [1.82, 2.24) is 0 Å². The molecule has 0 aliphatic carbocycles. The fraction of sp³-hybridized carbons (Fsp3) is 0.250. The van der Waals surface area contributed by atoms with E-state index in [0.717, 1.165) is 34.0 Å². The molecule has 2 radical (unpaired) electrons. The zero-order chi connectivity index (χ0) is 8.27. The van der Waals surface area contributed by atoms with Gasteiger partial charge in [-0.05, 0) is 0 Å². The Balaban J connectivity index is 3.02. The van der Waals surface area contributed by atoms with Crippen LogP contribution in [0.1, 0.15) is 0 Å². The van der Waals surface area contributed by atoms with Gasteiger partial charge in [-0.15, -0.1) is 0 Å². The molecular formula is C8H10O2Sn. The standard InChI is InChI=1S/C8H9O2.Sn.H/c1-9-7-4-3-5-8(6-7)10-2;;/h4-6H,1-2H3;;. The molecule has 0 amide bonds. The zero-order valence-electron chi connectivity index (χ0n) is 6.63. The van der Waals surface area contributed by atoms with Crippen LogP contribution in [0.15, 0.2) is 18.2 Å². The van der Waals surface area contributed by atoms with E-state index < -0.39 is 0 Å².